The fourth-order valence-electron chi connectivity index (χ4n) is 4.76. The highest BCUT2D eigenvalue weighted by Crippen LogP contribution is 2.34. The van der Waals surface area contributed by atoms with Gasteiger partial charge in [-0.3, -0.25) is 14.7 Å². The number of amides is 1. The molecule has 0 N–H and O–H groups in total. The molecule has 0 saturated heterocycles. The van der Waals surface area contributed by atoms with E-state index in [1.165, 1.54) is 24.3 Å². The van der Waals surface area contributed by atoms with Crippen molar-refractivity contribution in [2.75, 3.05) is 0 Å². The Balaban J connectivity index is 0.00000216. The molecule has 4 rings (SSSR count). The Morgan fingerprint density at radius 3 is 2.20 bits per heavy atom. The molecular formula is C32H34F3N3O2. The van der Waals surface area contributed by atoms with Gasteiger partial charge in [-0.15, -0.1) is 13.2 Å². The molecule has 2 unspecified atom stereocenters. The van der Waals surface area contributed by atoms with Crippen molar-refractivity contribution >= 4 is 11.7 Å². The van der Waals surface area contributed by atoms with Crippen LogP contribution in [0.1, 0.15) is 69.6 Å². The van der Waals surface area contributed by atoms with Crippen molar-refractivity contribution in [1.29, 1.82) is 5.26 Å². The quantitative estimate of drug-likeness (QED) is 0.284. The first-order chi connectivity index (χ1) is 19.2. The number of amidine groups is 1. The summed E-state index contributed by atoms with van der Waals surface area (Å²) >= 11 is 0. The summed E-state index contributed by atoms with van der Waals surface area (Å²) in [6, 6.07) is 22.5. The molecule has 1 aliphatic heterocycles. The Kier molecular flexibility index (Phi) is 10.5. The Bertz CT molecular complexity index is 1340. The molecule has 0 saturated carbocycles. The molecule has 1 aliphatic rings. The largest absolute Gasteiger partial charge is 0.573 e. The van der Waals surface area contributed by atoms with Crippen LogP contribution >= 0.6 is 0 Å². The number of nitriles is 1. The molecule has 0 aliphatic carbocycles. The summed E-state index contributed by atoms with van der Waals surface area (Å²) in [7, 11) is 0. The molecule has 0 aromatic heterocycles. The molecule has 210 valence electrons. The topological polar surface area (TPSA) is 65.7 Å². The number of halogens is 3. The molecule has 5 nitrogen and oxygen atoms in total. The summed E-state index contributed by atoms with van der Waals surface area (Å²) in [5, 5.41) is 9.42. The highest BCUT2D eigenvalue weighted by Gasteiger charge is 2.38. The van der Waals surface area contributed by atoms with Crippen molar-refractivity contribution in [1.82, 2.24) is 4.90 Å². The number of carbonyl (C=O) groups is 1. The van der Waals surface area contributed by atoms with Crippen LogP contribution in [0, 0.1) is 11.3 Å². The summed E-state index contributed by atoms with van der Waals surface area (Å²) in [6.45, 7) is 8.30. The van der Waals surface area contributed by atoms with Crippen LogP contribution < -0.4 is 4.74 Å². The first-order valence-corrected chi connectivity index (χ1v) is 13.6. The van der Waals surface area contributed by atoms with Crippen molar-refractivity contribution in [3.8, 4) is 22.9 Å². The number of alkyl halides is 3. The molecule has 40 heavy (non-hydrogen) atoms. The van der Waals surface area contributed by atoms with Crippen molar-refractivity contribution in [2.24, 2.45) is 4.99 Å². The molecule has 0 spiro atoms. The zero-order valence-electron chi connectivity index (χ0n) is 23.2. The van der Waals surface area contributed by atoms with Gasteiger partial charge < -0.3 is 4.74 Å². The van der Waals surface area contributed by atoms with E-state index in [-0.39, 0.29) is 17.7 Å². The van der Waals surface area contributed by atoms with E-state index in [2.05, 4.69) is 10.8 Å². The number of nitrogens with zero attached hydrogens (tertiary/aromatic N) is 3. The van der Waals surface area contributed by atoms with E-state index in [1.54, 1.807) is 11.0 Å². The minimum atomic E-state index is -4.78. The van der Waals surface area contributed by atoms with Gasteiger partial charge in [0.15, 0.2) is 0 Å². The summed E-state index contributed by atoms with van der Waals surface area (Å²) in [5.74, 6) is -0.347. The van der Waals surface area contributed by atoms with E-state index < -0.39 is 12.3 Å². The van der Waals surface area contributed by atoms with Gasteiger partial charge >= 0.3 is 6.36 Å². The third-order valence-electron chi connectivity index (χ3n) is 6.56. The van der Waals surface area contributed by atoms with E-state index in [1.807, 2.05) is 70.2 Å². The first-order valence-electron chi connectivity index (χ1n) is 13.6. The maximum absolute atomic E-state index is 13.9. The predicted octanol–water partition coefficient (Wildman–Crippen LogP) is 8.25. The van der Waals surface area contributed by atoms with Crippen LogP contribution in [0.2, 0.25) is 0 Å². The van der Waals surface area contributed by atoms with E-state index in [4.69, 9.17) is 4.99 Å². The zero-order chi connectivity index (χ0) is 29.3. The molecule has 0 fully saturated rings. The van der Waals surface area contributed by atoms with Crippen LogP contribution in [-0.2, 0) is 11.3 Å². The Hall–Kier alpha value is -4.12. The lowest BCUT2D eigenvalue weighted by molar-refractivity contribution is -0.274. The van der Waals surface area contributed by atoms with Crippen molar-refractivity contribution in [3.05, 3.63) is 89.5 Å². The number of aliphatic imine (C=N–C) groups is 1. The van der Waals surface area contributed by atoms with Crippen LogP contribution in [0.15, 0.2) is 77.8 Å². The second-order valence-corrected chi connectivity index (χ2v) is 9.14. The minimum Gasteiger partial charge on any atom is -0.406 e. The molecule has 2 atom stereocenters. The maximum Gasteiger partial charge on any atom is 0.573 e. The van der Waals surface area contributed by atoms with Gasteiger partial charge in [0.1, 0.15) is 11.6 Å². The van der Waals surface area contributed by atoms with Gasteiger partial charge in [-0.05, 0) is 53.3 Å². The van der Waals surface area contributed by atoms with E-state index in [0.717, 1.165) is 28.9 Å². The minimum absolute atomic E-state index is 0.126. The van der Waals surface area contributed by atoms with Gasteiger partial charge in [0.25, 0.3) is 0 Å². The van der Waals surface area contributed by atoms with Crippen molar-refractivity contribution < 1.29 is 22.7 Å². The highest BCUT2D eigenvalue weighted by atomic mass is 19.4. The zero-order valence-corrected chi connectivity index (χ0v) is 23.2. The molecule has 3 aromatic carbocycles. The van der Waals surface area contributed by atoms with E-state index in [9.17, 15) is 23.2 Å². The van der Waals surface area contributed by atoms with Gasteiger partial charge in [-0.25, -0.2) is 0 Å². The van der Waals surface area contributed by atoms with Crippen LogP contribution in [0.25, 0.3) is 11.1 Å². The number of carbonyl (C=O) groups excluding carboxylic acids is 1. The summed E-state index contributed by atoms with van der Waals surface area (Å²) in [6.07, 6.45) is -2.71. The Morgan fingerprint density at radius 2 is 1.62 bits per heavy atom. The molecule has 8 heteroatoms. The molecule has 1 heterocycles. The Morgan fingerprint density at radius 1 is 0.975 bits per heavy atom. The number of rotatable bonds is 8. The molecule has 1 amide bonds. The fourth-order valence-corrected chi connectivity index (χ4v) is 4.76. The van der Waals surface area contributed by atoms with Crippen LogP contribution in [0.5, 0.6) is 5.75 Å². The third kappa shape index (κ3) is 7.29. The maximum atomic E-state index is 13.9. The van der Waals surface area contributed by atoms with Gasteiger partial charge in [0.2, 0.25) is 5.91 Å². The fraction of sp³-hybridized carbons (Fsp3) is 0.344. The summed E-state index contributed by atoms with van der Waals surface area (Å²) < 4.78 is 41.8. The van der Waals surface area contributed by atoms with Crippen molar-refractivity contribution in [3.63, 3.8) is 0 Å². The number of hydrogen-bond acceptors (Lipinski definition) is 4. The SMILES string of the molecule is CC.CCCC1=NC(CC)C(c2ccc(OC(F)(F)F)cc2)C(=O)N1Cc1ccc(-c2ccccc2C#N)cc1. The van der Waals surface area contributed by atoms with Gasteiger partial charge in [-0.1, -0.05) is 82.3 Å². The van der Waals surface area contributed by atoms with Gasteiger partial charge in [0.05, 0.1) is 30.1 Å². The molecule has 0 radical (unpaired) electrons. The number of benzene rings is 3. The summed E-state index contributed by atoms with van der Waals surface area (Å²) in [4.78, 5) is 20.5. The van der Waals surface area contributed by atoms with Crippen LogP contribution in [-0.4, -0.2) is 29.0 Å². The van der Waals surface area contributed by atoms with Crippen molar-refractivity contribution in [2.45, 2.75) is 71.8 Å². The number of ether oxygens (including phenoxy) is 1. The average molecular weight is 550 g/mol. The second-order valence-electron chi connectivity index (χ2n) is 9.14. The normalized spacial score (nSPS) is 16.9. The summed E-state index contributed by atoms with van der Waals surface area (Å²) in [5.41, 5.74) is 3.84. The van der Waals surface area contributed by atoms with Gasteiger partial charge in [0, 0.05) is 6.42 Å². The monoisotopic (exact) mass is 549 g/mol. The van der Waals surface area contributed by atoms with Crippen LogP contribution in [0.3, 0.4) is 0 Å². The van der Waals surface area contributed by atoms with E-state index in [0.29, 0.717) is 30.5 Å². The standard InChI is InChI=1S/C30H28F3N3O2.C2H6/c1-3-7-27-35-26(4-2)28(22-14-16-24(17-15-22)38-30(31,32)33)29(37)36(27)19-20-10-12-21(13-11-20)25-9-6-5-8-23(25)18-34;1-2/h5-6,8-17,26,28H,3-4,7,19H2,1-2H3;1-2H3. The molecule has 0 bridgehead atoms. The van der Waals surface area contributed by atoms with Crippen LogP contribution in [0.4, 0.5) is 13.2 Å². The lowest BCUT2D eigenvalue weighted by Crippen LogP contribution is -2.47. The van der Waals surface area contributed by atoms with E-state index >= 15 is 0 Å². The lowest BCUT2D eigenvalue weighted by atomic mass is 9.87. The molecular weight excluding hydrogens is 515 g/mol. The Labute approximate surface area is 233 Å². The molecule has 3 aromatic rings. The number of hydrogen-bond donors (Lipinski definition) is 0. The highest BCUT2D eigenvalue weighted by molar-refractivity contribution is 6.03. The first kappa shape index (κ1) is 30.4. The average Bonchev–Trinajstić information content (AvgIpc) is 2.96. The smallest absolute Gasteiger partial charge is 0.406 e. The second kappa shape index (κ2) is 13.8. The van der Waals surface area contributed by atoms with Gasteiger partial charge in [-0.2, -0.15) is 5.26 Å². The predicted molar refractivity (Wildman–Crippen MR) is 151 cm³/mol. The third-order valence-corrected chi connectivity index (χ3v) is 6.56. The lowest BCUT2D eigenvalue weighted by Gasteiger charge is -2.37.